The van der Waals surface area contributed by atoms with Crippen molar-refractivity contribution in [1.82, 2.24) is 0 Å². The lowest BCUT2D eigenvalue weighted by Crippen LogP contribution is -2.23. The topological polar surface area (TPSA) is 41.1 Å². The van der Waals surface area contributed by atoms with E-state index in [-0.39, 0.29) is 17.5 Å². The molecule has 3 rings (SSSR count). The van der Waals surface area contributed by atoms with E-state index in [0.717, 1.165) is 11.3 Å². The van der Waals surface area contributed by atoms with Crippen molar-refractivity contribution in [3.8, 4) is 0 Å². The molecule has 3 nitrogen and oxygen atoms in total. The smallest absolute Gasteiger partial charge is 0.233 e. The largest absolute Gasteiger partial charge is 0.384 e. The minimum absolute atomic E-state index is 0.197. The monoisotopic (exact) mass is 334 g/mol. The average Bonchev–Trinajstić information content (AvgIpc) is 2.86. The van der Waals surface area contributed by atoms with Crippen molar-refractivity contribution in [2.75, 3.05) is 17.2 Å². The first kappa shape index (κ1) is 13.1. The van der Waals surface area contributed by atoms with E-state index in [4.69, 9.17) is 0 Å². The Kier molecular flexibility index (Phi) is 3.44. The second-order valence-corrected chi connectivity index (χ2v) is 5.55. The highest BCUT2D eigenvalue weighted by Gasteiger charge is 2.28. The Morgan fingerprint density at radius 2 is 2.10 bits per heavy atom. The molecule has 0 spiro atoms. The molecule has 5 heteroatoms. The van der Waals surface area contributed by atoms with E-state index in [2.05, 4.69) is 26.6 Å². The summed E-state index contributed by atoms with van der Waals surface area (Å²) in [5.41, 5.74) is 2.11. The number of carbonyl (C=O) groups excluding carboxylic acids is 1. The van der Waals surface area contributed by atoms with Crippen LogP contribution in [0.1, 0.15) is 11.5 Å². The first-order valence-corrected chi connectivity index (χ1v) is 7.03. The standard InChI is InChI=1S/C15H12BrFN2O/c16-9-5-6-14(12(17)7-9)19-15(20)11-8-18-13-4-2-1-3-10(11)13/h1-7,11,18H,8H2,(H,19,20). The van der Waals surface area contributed by atoms with Crippen LogP contribution in [0.15, 0.2) is 46.9 Å². The number of halogens is 2. The zero-order valence-electron chi connectivity index (χ0n) is 10.5. The maximum absolute atomic E-state index is 13.7. The average molecular weight is 335 g/mol. The van der Waals surface area contributed by atoms with Crippen LogP contribution >= 0.6 is 15.9 Å². The minimum atomic E-state index is -0.452. The van der Waals surface area contributed by atoms with Gasteiger partial charge in [0, 0.05) is 16.7 Å². The van der Waals surface area contributed by atoms with Crippen LogP contribution in [-0.4, -0.2) is 12.5 Å². The van der Waals surface area contributed by atoms with E-state index in [1.807, 2.05) is 24.3 Å². The number of benzene rings is 2. The first-order valence-electron chi connectivity index (χ1n) is 6.24. The molecule has 0 saturated heterocycles. The van der Waals surface area contributed by atoms with Gasteiger partial charge in [0.1, 0.15) is 5.82 Å². The zero-order valence-corrected chi connectivity index (χ0v) is 12.1. The molecule has 0 radical (unpaired) electrons. The summed E-state index contributed by atoms with van der Waals surface area (Å²) in [6, 6.07) is 12.2. The van der Waals surface area contributed by atoms with Gasteiger partial charge in [0.05, 0.1) is 11.6 Å². The molecule has 1 amide bonds. The summed E-state index contributed by atoms with van der Waals surface area (Å²) < 4.78 is 14.4. The van der Waals surface area contributed by atoms with Crippen LogP contribution < -0.4 is 10.6 Å². The number of fused-ring (bicyclic) bond motifs is 1. The van der Waals surface area contributed by atoms with E-state index < -0.39 is 5.82 Å². The number of anilines is 2. The van der Waals surface area contributed by atoms with Crippen molar-refractivity contribution >= 4 is 33.2 Å². The molecular formula is C15H12BrFN2O. The van der Waals surface area contributed by atoms with Crippen molar-refractivity contribution in [3.05, 3.63) is 58.3 Å². The third-order valence-corrected chi connectivity index (χ3v) is 3.83. The summed E-state index contributed by atoms with van der Waals surface area (Å²) in [7, 11) is 0. The molecule has 1 aliphatic heterocycles. The van der Waals surface area contributed by atoms with Gasteiger partial charge in [-0.05, 0) is 29.8 Å². The van der Waals surface area contributed by atoms with Gasteiger partial charge in [-0.1, -0.05) is 34.1 Å². The second kappa shape index (κ2) is 5.25. The summed E-state index contributed by atoms with van der Waals surface area (Å²) in [6.07, 6.45) is 0. The third kappa shape index (κ3) is 2.41. The molecule has 0 aliphatic carbocycles. The lowest BCUT2D eigenvalue weighted by Gasteiger charge is -2.12. The molecule has 0 aromatic heterocycles. The molecule has 1 unspecified atom stereocenters. The summed E-state index contributed by atoms with van der Waals surface area (Å²) in [5.74, 6) is -0.954. The van der Waals surface area contributed by atoms with Crippen LogP contribution in [0.4, 0.5) is 15.8 Å². The van der Waals surface area contributed by atoms with E-state index in [0.29, 0.717) is 11.0 Å². The highest BCUT2D eigenvalue weighted by molar-refractivity contribution is 9.10. The minimum Gasteiger partial charge on any atom is -0.384 e. The second-order valence-electron chi connectivity index (χ2n) is 4.63. The zero-order chi connectivity index (χ0) is 14.1. The van der Waals surface area contributed by atoms with E-state index in [1.165, 1.54) is 6.07 Å². The normalized spacial score (nSPS) is 16.4. The van der Waals surface area contributed by atoms with Crippen molar-refractivity contribution in [1.29, 1.82) is 0 Å². The summed E-state index contributed by atoms with van der Waals surface area (Å²) >= 11 is 3.19. The molecule has 0 fully saturated rings. The summed E-state index contributed by atoms with van der Waals surface area (Å²) in [4.78, 5) is 12.3. The maximum atomic E-state index is 13.7. The Hall–Kier alpha value is -1.88. The molecule has 1 heterocycles. The van der Waals surface area contributed by atoms with Crippen LogP contribution in [0.25, 0.3) is 0 Å². The number of para-hydroxylation sites is 1. The lowest BCUT2D eigenvalue weighted by molar-refractivity contribution is -0.117. The maximum Gasteiger partial charge on any atom is 0.233 e. The van der Waals surface area contributed by atoms with Crippen LogP contribution in [0.3, 0.4) is 0 Å². The van der Waals surface area contributed by atoms with Gasteiger partial charge >= 0.3 is 0 Å². The quantitative estimate of drug-likeness (QED) is 0.878. The highest BCUT2D eigenvalue weighted by atomic mass is 79.9. The van der Waals surface area contributed by atoms with Crippen LogP contribution in [0, 0.1) is 5.82 Å². The Balaban J connectivity index is 1.81. The summed E-state index contributed by atoms with van der Waals surface area (Å²) in [5, 5.41) is 5.82. The van der Waals surface area contributed by atoms with Crippen molar-refractivity contribution < 1.29 is 9.18 Å². The Labute approximate surface area is 124 Å². The van der Waals surface area contributed by atoms with Crippen molar-refractivity contribution in [2.24, 2.45) is 0 Å². The molecule has 1 atom stereocenters. The fourth-order valence-corrected chi connectivity index (χ4v) is 2.66. The van der Waals surface area contributed by atoms with Crippen LogP contribution in [-0.2, 0) is 4.79 Å². The Morgan fingerprint density at radius 3 is 2.90 bits per heavy atom. The van der Waals surface area contributed by atoms with E-state index in [9.17, 15) is 9.18 Å². The van der Waals surface area contributed by atoms with E-state index in [1.54, 1.807) is 12.1 Å². The number of carbonyl (C=O) groups is 1. The SMILES string of the molecule is O=C(Nc1ccc(Br)cc1F)C1CNc2ccccc21. The van der Waals surface area contributed by atoms with Gasteiger partial charge in [0.25, 0.3) is 0 Å². The molecule has 2 aromatic carbocycles. The molecule has 0 bridgehead atoms. The van der Waals surface area contributed by atoms with E-state index >= 15 is 0 Å². The number of hydrogen-bond acceptors (Lipinski definition) is 2. The molecule has 20 heavy (non-hydrogen) atoms. The van der Waals surface area contributed by atoms with Gasteiger partial charge in [-0.2, -0.15) is 0 Å². The number of hydrogen-bond donors (Lipinski definition) is 2. The molecule has 1 aliphatic rings. The molecule has 102 valence electrons. The first-order chi connectivity index (χ1) is 9.65. The molecule has 0 saturated carbocycles. The number of rotatable bonds is 2. The van der Waals surface area contributed by atoms with Gasteiger partial charge < -0.3 is 10.6 Å². The van der Waals surface area contributed by atoms with Gasteiger partial charge in [-0.25, -0.2) is 4.39 Å². The lowest BCUT2D eigenvalue weighted by atomic mass is 10.0. The van der Waals surface area contributed by atoms with Crippen molar-refractivity contribution in [3.63, 3.8) is 0 Å². The molecular weight excluding hydrogens is 323 g/mol. The highest BCUT2D eigenvalue weighted by Crippen LogP contribution is 2.32. The Bertz CT molecular complexity index is 675. The number of amides is 1. The van der Waals surface area contributed by atoms with Gasteiger partial charge in [-0.15, -0.1) is 0 Å². The summed E-state index contributed by atoms with van der Waals surface area (Å²) in [6.45, 7) is 0.531. The predicted octanol–water partition coefficient (Wildman–Crippen LogP) is 3.74. The fourth-order valence-electron chi connectivity index (χ4n) is 2.33. The van der Waals surface area contributed by atoms with Gasteiger partial charge in [-0.3, -0.25) is 4.79 Å². The third-order valence-electron chi connectivity index (χ3n) is 3.34. The predicted molar refractivity (Wildman–Crippen MR) is 80.4 cm³/mol. The van der Waals surface area contributed by atoms with Gasteiger partial charge in [0.2, 0.25) is 5.91 Å². The molecule has 2 N–H and O–H groups in total. The van der Waals surface area contributed by atoms with Crippen LogP contribution in [0.5, 0.6) is 0 Å². The van der Waals surface area contributed by atoms with Crippen molar-refractivity contribution in [2.45, 2.75) is 5.92 Å². The molecule has 2 aromatic rings. The number of nitrogens with one attached hydrogen (secondary N) is 2. The fraction of sp³-hybridized carbons (Fsp3) is 0.133. The van der Waals surface area contributed by atoms with Crippen LogP contribution in [0.2, 0.25) is 0 Å². The Morgan fingerprint density at radius 1 is 1.30 bits per heavy atom. The van der Waals surface area contributed by atoms with Gasteiger partial charge in [0.15, 0.2) is 0 Å².